The van der Waals surface area contributed by atoms with E-state index in [1.807, 2.05) is 29.7 Å². The van der Waals surface area contributed by atoms with Gasteiger partial charge in [-0.3, -0.25) is 9.59 Å². The molecule has 0 spiro atoms. The quantitative estimate of drug-likeness (QED) is 0.811. The highest BCUT2D eigenvalue weighted by molar-refractivity contribution is 6.63. The van der Waals surface area contributed by atoms with Gasteiger partial charge < -0.3 is 4.57 Å². The second-order valence-electron chi connectivity index (χ2n) is 4.48. The van der Waals surface area contributed by atoms with Crippen LogP contribution in [0.5, 0.6) is 0 Å². The summed E-state index contributed by atoms with van der Waals surface area (Å²) in [5.74, 6) is 0. The van der Waals surface area contributed by atoms with Crippen molar-refractivity contribution in [1.82, 2.24) is 4.57 Å². The summed E-state index contributed by atoms with van der Waals surface area (Å²) in [7, 11) is 0. The predicted octanol–water partition coefficient (Wildman–Crippen LogP) is 3.50. The molecule has 0 amide bonds. The van der Waals surface area contributed by atoms with E-state index in [1.54, 1.807) is 12.3 Å². The molecule has 0 unspecified atom stereocenters. The van der Waals surface area contributed by atoms with Gasteiger partial charge in [-0.1, -0.05) is 23.7 Å². The van der Waals surface area contributed by atoms with Crippen LogP contribution in [0, 0.1) is 6.92 Å². The van der Waals surface area contributed by atoms with Crippen LogP contribution in [-0.4, -0.2) is 9.81 Å². The van der Waals surface area contributed by atoms with Gasteiger partial charge in [0.05, 0.1) is 10.7 Å². The zero-order valence-corrected chi connectivity index (χ0v) is 12.4. The van der Waals surface area contributed by atoms with Crippen LogP contribution < -0.4 is 5.43 Å². The maximum atomic E-state index is 11.9. The minimum Gasteiger partial charge on any atom is -0.319 e. The van der Waals surface area contributed by atoms with E-state index >= 15 is 0 Å². The smallest absolute Gasteiger partial charge is 0.221 e. The van der Waals surface area contributed by atoms with Gasteiger partial charge in [-0.2, -0.15) is 0 Å². The Bertz CT molecular complexity index is 707. The molecule has 3 nitrogen and oxygen atoms in total. The molecule has 0 saturated carbocycles. The third-order valence-electron chi connectivity index (χ3n) is 3.02. The van der Waals surface area contributed by atoms with Crippen LogP contribution in [0.15, 0.2) is 41.3 Å². The first-order valence-electron chi connectivity index (χ1n) is 6.14. The van der Waals surface area contributed by atoms with E-state index in [-0.39, 0.29) is 11.8 Å². The number of pyridine rings is 1. The highest BCUT2D eigenvalue weighted by Gasteiger charge is 2.09. The Kier molecular flexibility index (Phi) is 4.63. The van der Waals surface area contributed by atoms with E-state index < -0.39 is 5.24 Å². The molecule has 5 heteroatoms. The molecule has 0 bridgehead atoms. The predicted molar refractivity (Wildman–Crippen MR) is 81.0 cm³/mol. The second kappa shape index (κ2) is 6.25. The topological polar surface area (TPSA) is 39.1 Å². The normalized spacial score (nSPS) is 10.6. The monoisotopic (exact) mass is 309 g/mol. The van der Waals surface area contributed by atoms with Crippen molar-refractivity contribution in [1.29, 1.82) is 0 Å². The fourth-order valence-corrected chi connectivity index (χ4v) is 2.32. The highest BCUT2D eigenvalue weighted by Crippen LogP contribution is 2.21. The summed E-state index contributed by atoms with van der Waals surface area (Å²) in [5, 5.41) is 0.146. The second-order valence-corrected chi connectivity index (χ2v) is 5.31. The SMILES string of the molecule is Cc1cc(=O)c(CCC(=O)Cl)cn1-c1ccccc1Cl. The van der Waals surface area contributed by atoms with Gasteiger partial charge in [0.1, 0.15) is 0 Å². The van der Waals surface area contributed by atoms with Crippen LogP contribution >= 0.6 is 23.2 Å². The number of hydrogen-bond acceptors (Lipinski definition) is 2. The number of aryl methyl sites for hydroxylation is 2. The van der Waals surface area contributed by atoms with E-state index in [9.17, 15) is 9.59 Å². The fraction of sp³-hybridized carbons (Fsp3) is 0.200. The van der Waals surface area contributed by atoms with E-state index in [0.29, 0.717) is 17.0 Å². The third kappa shape index (κ3) is 3.30. The van der Waals surface area contributed by atoms with Crippen LogP contribution in [0.3, 0.4) is 0 Å². The van der Waals surface area contributed by atoms with Crippen LogP contribution in [0.1, 0.15) is 17.7 Å². The van der Waals surface area contributed by atoms with Gasteiger partial charge in [-0.25, -0.2) is 0 Å². The molecule has 0 N–H and O–H groups in total. The van der Waals surface area contributed by atoms with Crippen molar-refractivity contribution >= 4 is 28.4 Å². The summed E-state index contributed by atoms with van der Waals surface area (Å²) in [4.78, 5) is 22.8. The number of carbonyl (C=O) groups is 1. The van der Waals surface area contributed by atoms with E-state index in [0.717, 1.165) is 11.4 Å². The highest BCUT2D eigenvalue weighted by atomic mass is 35.5. The largest absolute Gasteiger partial charge is 0.319 e. The molecule has 1 heterocycles. The number of halogens is 2. The Morgan fingerprint density at radius 3 is 2.65 bits per heavy atom. The molecule has 1 aromatic heterocycles. The molecule has 0 saturated heterocycles. The number of rotatable bonds is 4. The molecule has 0 aliphatic heterocycles. The van der Waals surface area contributed by atoms with Crippen molar-refractivity contribution in [2.75, 3.05) is 0 Å². The molecule has 2 aromatic rings. The molecule has 104 valence electrons. The number of benzene rings is 1. The first kappa shape index (κ1) is 14.8. The summed E-state index contributed by atoms with van der Waals surface area (Å²) in [5.41, 5.74) is 2.03. The minimum absolute atomic E-state index is 0.0938. The average Bonchev–Trinajstić information content (AvgIpc) is 2.39. The van der Waals surface area contributed by atoms with Crippen molar-refractivity contribution in [2.45, 2.75) is 19.8 Å². The lowest BCUT2D eigenvalue weighted by molar-refractivity contribution is -0.111. The number of carbonyl (C=O) groups excluding carboxylic acids is 1. The van der Waals surface area contributed by atoms with Crippen LogP contribution in [0.2, 0.25) is 5.02 Å². The van der Waals surface area contributed by atoms with Crippen molar-refractivity contribution in [3.63, 3.8) is 0 Å². The number of nitrogens with zero attached hydrogens (tertiary/aromatic N) is 1. The van der Waals surface area contributed by atoms with Gasteiger partial charge >= 0.3 is 0 Å². The molecule has 0 aliphatic carbocycles. The van der Waals surface area contributed by atoms with Gasteiger partial charge in [-0.05, 0) is 37.1 Å². The molecule has 1 aromatic carbocycles. The van der Waals surface area contributed by atoms with Crippen LogP contribution in [0.4, 0.5) is 0 Å². The summed E-state index contributed by atoms with van der Waals surface area (Å²) in [6, 6.07) is 8.92. The van der Waals surface area contributed by atoms with Gasteiger partial charge in [-0.15, -0.1) is 0 Å². The number of hydrogen-bond donors (Lipinski definition) is 0. The Hall–Kier alpha value is -1.58. The summed E-state index contributed by atoms with van der Waals surface area (Å²) >= 11 is 11.5. The Labute approximate surface area is 126 Å². The average molecular weight is 310 g/mol. The molecule has 0 radical (unpaired) electrons. The van der Waals surface area contributed by atoms with E-state index in [1.165, 1.54) is 6.07 Å². The van der Waals surface area contributed by atoms with Gasteiger partial charge in [0, 0.05) is 29.9 Å². The van der Waals surface area contributed by atoms with Crippen molar-refractivity contribution in [3.05, 3.63) is 63.0 Å². The first-order valence-corrected chi connectivity index (χ1v) is 6.90. The molecule has 0 atom stereocenters. The Balaban J connectivity index is 2.49. The number of para-hydroxylation sites is 1. The molecule has 2 rings (SSSR count). The maximum absolute atomic E-state index is 11.9. The molecular formula is C15H13Cl2NO2. The lowest BCUT2D eigenvalue weighted by Gasteiger charge is -2.13. The zero-order valence-electron chi connectivity index (χ0n) is 10.9. The molecular weight excluding hydrogens is 297 g/mol. The summed E-state index contributed by atoms with van der Waals surface area (Å²) in [6.45, 7) is 1.83. The lowest BCUT2D eigenvalue weighted by atomic mass is 10.1. The minimum atomic E-state index is -0.450. The first-order chi connectivity index (χ1) is 9.49. The van der Waals surface area contributed by atoms with E-state index in [2.05, 4.69) is 0 Å². The van der Waals surface area contributed by atoms with Gasteiger partial charge in [0.15, 0.2) is 5.43 Å². The summed E-state index contributed by atoms with van der Waals surface area (Å²) < 4.78 is 1.85. The van der Waals surface area contributed by atoms with Crippen molar-refractivity contribution < 1.29 is 4.79 Å². The summed E-state index contributed by atoms with van der Waals surface area (Å²) in [6.07, 6.45) is 2.19. The molecule has 20 heavy (non-hydrogen) atoms. The number of aromatic nitrogens is 1. The maximum Gasteiger partial charge on any atom is 0.221 e. The van der Waals surface area contributed by atoms with Crippen molar-refractivity contribution in [2.24, 2.45) is 0 Å². The molecule has 0 fully saturated rings. The van der Waals surface area contributed by atoms with Crippen LogP contribution in [-0.2, 0) is 11.2 Å². The van der Waals surface area contributed by atoms with Crippen LogP contribution in [0.25, 0.3) is 5.69 Å². The third-order valence-corrected chi connectivity index (χ3v) is 3.53. The van der Waals surface area contributed by atoms with Gasteiger partial charge in [0.2, 0.25) is 5.24 Å². The van der Waals surface area contributed by atoms with Crippen molar-refractivity contribution in [3.8, 4) is 5.69 Å². The Morgan fingerprint density at radius 2 is 2.00 bits per heavy atom. The fourth-order valence-electron chi connectivity index (χ4n) is 2.00. The van der Waals surface area contributed by atoms with E-state index in [4.69, 9.17) is 23.2 Å². The lowest BCUT2D eigenvalue weighted by Crippen LogP contribution is -2.15. The Morgan fingerprint density at radius 1 is 1.30 bits per heavy atom. The molecule has 0 aliphatic rings. The zero-order chi connectivity index (χ0) is 14.7. The standard InChI is InChI=1S/C15H13Cl2NO2/c1-10-8-14(19)11(6-7-15(17)20)9-18(10)13-5-3-2-4-12(13)16/h2-5,8-9H,6-7H2,1H3. The van der Waals surface area contributed by atoms with Gasteiger partial charge in [0.25, 0.3) is 0 Å².